The number of nitrogen functional groups attached to an aromatic ring is 2. The molecule has 1 saturated carbocycles. The maximum atomic E-state index is 6.06. The van der Waals surface area contributed by atoms with Gasteiger partial charge in [-0.2, -0.15) is 0 Å². The molecule has 0 spiro atoms. The minimum Gasteiger partial charge on any atom is -0.490 e. The number of benzene rings is 2. The highest BCUT2D eigenvalue weighted by Crippen LogP contribution is 2.35. The van der Waals surface area contributed by atoms with Crippen molar-refractivity contribution in [3.8, 4) is 5.75 Å². The summed E-state index contributed by atoms with van der Waals surface area (Å²) >= 11 is 0. The van der Waals surface area contributed by atoms with E-state index in [9.17, 15) is 0 Å². The molecule has 116 valence electrons. The molecule has 0 heterocycles. The molecule has 0 saturated heterocycles. The van der Waals surface area contributed by atoms with Crippen molar-refractivity contribution in [1.82, 2.24) is 0 Å². The van der Waals surface area contributed by atoms with E-state index in [1.807, 2.05) is 12.1 Å². The summed E-state index contributed by atoms with van der Waals surface area (Å²) in [5, 5.41) is 0. The Bertz CT molecular complexity index is 608. The van der Waals surface area contributed by atoms with Crippen molar-refractivity contribution in [1.29, 1.82) is 0 Å². The number of rotatable bonds is 3. The van der Waals surface area contributed by atoms with Gasteiger partial charge in [0, 0.05) is 23.5 Å². The molecule has 0 unspecified atom stereocenters. The highest BCUT2D eigenvalue weighted by molar-refractivity contribution is 5.56. The number of hydrogen-bond acceptors (Lipinski definition) is 3. The van der Waals surface area contributed by atoms with Crippen molar-refractivity contribution in [2.24, 2.45) is 0 Å². The van der Waals surface area contributed by atoms with E-state index in [2.05, 4.69) is 31.2 Å². The van der Waals surface area contributed by atoms with Crippen LogP contribution in [0.25, 0.3) is 0 Å². The molecule has 3 nitrogen and oxygen atoms in total. The summed E-state index contributed by atoms with van der Waals surface area (Å²) in [6.45, 7) is 2.13. The zero-order valence-corrected chi connectivity index (χ0v) is 13.1. The fraction of sp³-hybridized carbons (Fsp3) is 0.368. The van der Waals surface area contributed by atoms with Crippen LogP contribution in [0.2, 0.25) is 0 Å². The molecule has 0 amide bonds. The molecule has 1 aliphatic rings. The summed E-state index contributed by atoms with van der Waals surface area (Å²) in [5.41, 5.74) is 15.7. The van der Waals surface area contributed by atoms with Gasteiger partial charge in [0.25, 0.3) is 0 Å². The first kappa shape index (κ1) is 14.8. The molecule has 4 N–H and O–H groups in total. The first-order chi connectivity index (χ1) is 10.6. The molecule has 1 aliphatic carbocycles. The Morgan fingerprint density at radius 1 is 0.864 bits per heavy atom. The van der Waals surface area contributed by atoms with E-state index in [1.54, 1.807) is 6.07 Å². The molecule has 3 rings (SSSR count). The number of ether oxygens (including phenoxy) is 1. The second-order valence-electron chi connectivity index (χ2n) is 6.34. The van der Waals surface area contributed by atoms with Crippen molar-refractivity contribution in [2.75, 3.05) is 11.5 Å². The van der Waals surface area contributed by atoms with Crippen LogP contribution < -0.4 is 16.2 Å². The lowest BCUT2D eigenvalue weighted by molar-refractivity contribution is 0.146. The van der Waals surface area contributed by atoms with Crippen molar-refractivity contribution in [3.63, 3.8) is 0 Å². The maximum Gasteiger partial charge on any atom is 0.123 e. The first-order valence-corrected chi connectivity index (χ1v) is 7.99. The summed E-state index contributed by atoms with van der Waals surface area (Å²) in [4.78, 5) is 0. The normalized spacial score (nSPS) is 21.5. The summed E-state index contributed by atoms with van der Waals surface area (Å²) in [6, 6.07) is 14.4. The van der Waals surface area contributed by atoms with Crippen molar-refractivity contribution < 1.29 is 4.74 Å². The lowest BCUT2D eigenvalue weighted by atomic mass is 9.82. The first-order valence-electron chi connectivity index (χ1n) is 7.99. The van der Waals surface area contributed by atoms with Gasteiger partial charge < -0.3 is 16.2 Å². The Morgan fingerprint density at radius 3 is 2.05 bits per heavy atom. The molecule has 1 fully saturated rings. The Morgan fingerprint density at radius 2 is 1.45 bits per heavy atom. The van der Waals surface area contributed by atoms with Gasteiger partial charge >= 0.3 is 0 Å². The van der Waals surface area contributed by atoms with Gasteiger partial charge in [-0.05, 0) is 50.2 Å². The van der Waals surface area contributed by atoms with E-state index in [1.165, 1.54) is 24.0 Å². The van der Waals surface area contributed by atoms with Crippen molar-refractivity contribution in [3.05, 3.63) is 53.6 Å². The lowest BCUT2D eigenvalue weighted by Gasteiger charge is -2.29. The zero-order chi connectivity index (χ0) is 15.5. The van der Waals surface area contributed by atoms with E-state index >= 15 is 0 Å². The van der Waals surface area contributed by atoms with Crippen LogP contribution in [0.1, 0.15) is 42.7 Å². The van der Waals surface area contributed by atoms with E-state index in [4.69, 9.17) is 16.2 Å². The van der Waals surface area contributed by atoms with E-state index < -0.39 is 0 Å². The highest BCUT2D eigenvalue weighted by atomic mass is 16.5. The second-order valence-corrected chi connectivity index (χ2v) is 6.34. The molecule has 3 heteroatoms. The topological polar surface area (TPSA) is 61.3 Å². The van der Waals surface area contributed by atoms with Crippen LogP contribution in [0.4, 0.5) is 11.4 Å². The van der Waals surface area contributed by atoms with Crippen LogP contribution in [-0.2, 0) is 0 Å². The largest absolute Gasteiger partial charge is 0.490 e. The molecule has 2 aromatic carbocycles. The molecular weight excluding hydrogens is 272 g/mol. The SMILES string of the molecule is Cc1ccc(C2CCC(Oc3cc(N)cc(N)c3)CC2)cc1. The molecular formula is C19H24N2O. The molecule has 2 aromatic rings. The minimum atomic E-state index is 0.267. The Balaban J connectivity index is 1.58. The summed E-state index contributed by atoms with van der Waals surface area (Å²) in [5.74, 6) is 1.45. The predicted octanol–water partition coefficient (Wildman–Crippen LogP) is 4.26. The van der Waals surface area contributed by atoms with Gasteiger partial charge in [0.05, 0.1) is 6.10 Å². The van der Waals surface area contributed by atoms with Gasteiger partial charge in [-0.25, -0.2) is 0 Å². The highest BCUT2D eigenvalue weighted by Gasteiger charge is 2.23. The van der Waals surface area contributed by atoms with Crippen LogP contribution in [0.15, 0.2) is 42.5 Å². The third kappa shape index (κ3) is 3.53. The van der Waals surface area contributed by atoms with Gasteiger partial charge in [0.15, 0.2) is 0 Å². The Kier molecular flexibility index (Phi) is 4.23. The predicted molar refractivity (Wildman–Crippen MR) is 92.1 cm³/mol. The van der Waals surface area contributed by atoms with Gasteiger partial charge in [0.1, 0.15) is 5.75 Å². The lowest BCUT2D eigenvalue weighted by Crippen LogP contribution is -2.23. The number of anilines is 2. The molecule has 0 aliphatic heterocycles. The summed E-state index contributed by atoms with van der Waals surface area (Å²) < 4.78 is 6.06. The maximum absolute atomic E-state index is 6.06. The molecule has 0 radical (unpaired) electrons. The minimum absolute atomic E-state index is 0.267. The third-order valence-corrected chi connectivity index (χ3v) is 4.48. The zero-order valence-electron chi connectivity index (χ0n) is 13.1. The Hall–Kier alpha value is -2.16. The van der Waals surface area contributed by atoms with Crippen LogP contribution in [0.5, 0.6) is 5.75 Å². The number of nitrogens with two attached hydrogens (primary N) is 2. The van der Waals surface area contributed by atoms with Crippen LogP contribution >= 0.6 is 0 Å². The van der Waals surface area contributed by atoms with Crippen molar-refractivity contribution in [2.45, 2.75) is 44.6 Å². The molecule has 0 atom stereocenters. The second kappa shape index (κ2) is 6.30. The van der Waals surface area contributed by atoms with Crippen LogP contribution in [0.3, 0.4) is 0 Å². The fourth-order valence-corrected chi connectivity index (χ4v) is 3.26. The monoisotopic (exact) mass is 296 g/mol. The van der Waals surface area contributed by atoms with Crippen molar-refractivity contribution >= 4 is 11.4 Å². The van der Waals surface area contributed by atoms with Crippen LogP contribution in [-0.4, -0.2) is 6.10 Å². The Labute approximate surface area is 132 Å². The van der Waals surface area contributed by atoms with E-state index in [-0.39, 0.29) is 6.10 Å². The average Bonchev–Trinajstić information content (AvgIpc) is 2.48. The average molecular weight is 296 g/mol. The number of aryl methyl sites for hydroxylation is 1. The van der Waals surface area contributed by atoms with Gasteiger partial charge in [0.2, 0.25) is 0 Å². The summed E-state index contributed by atoms with van der Waals surface area (Å²) in [6.07, 6.45) is 4.76. The smallest absolute Gasteiger partial charge is 0.123 e. The summed E-state index contributed by atoms with van der Waals surface area (Å²) in [7, 11) is 0. The van der Waals surface area contributed by atoms with Gasteiger partial charge in [-0.1, -0.05) is 29.8 Å². The fourth-order valence-electron chi connectivity index (χ4n) is 3.26. The molecule has 22 heavy (non-hydrogen) atoms. The molecule has 0 bridgehead atoms. The van der Waals surface area contributed by atoms with Crippen LogP contribution in [0, 0.1) is 6.92 Å². The van der Waals surface area contributed by atoms with E-state index in [0.29, 0.717) is 17.3 Å². The quantitative estimate of drug-likeness (QED) is 0.832. The number of hydrogen-bond donors (Lipinski definition) is 2. The standard InChI is InChI=1S/C19H24N2O/c1-13-2-4-14(5-3-13)15-6-8-18(9-7-15)22-19-11-16(20)10-17(21)12-19/h2-5,10-12,15,18H,6-9,20-21H2,1H3. The van der Waals surface area contributed by atoms with E-state index in [0.717, 1.165) is 18.6 Å². The molecule has 0 aromatic heterocycles. The van der Waals surface area contributed by atoms with Gasteiger partial charge in [-0.3, -0.25) is 0 Å². The third-order valence-electron chi connectivity index (χ3n) is 4.48. The van der Waals surface area contributed by atoms with Gasteiger partial charge in [-0.15, -0.1) is 0 Å².